The minimum atomic E-state index is -3.09. The number of esters is 2. The number of hydrogen-bond acceptors (Lipinski definition) is 7. The van der Waals surface area contributed by atoms with Crippen LogP contribution in [0, 0.1) is 0 Å². The smallest absolute Gasteiger partial charge is 0.330 e. The predicted molar refractivity (Wildman–Crippen MR) is 137 cm³/mol. The average Bonchev–Trinajstić information content (AvgIpc) is 2.84. The SMILES string of the molecule is C=CC(=O)OCCCCCCOP(=O)(CCCCCCCC)OCCCCCCOC(=O)C=C. The van der Waals surface area contributed by atoms with Crippen LogP contribution in [-0.4, -0.2) is 44.5 Å². The van der Waals surface area contributed by atoms with Crippen LogP contribution in [0.4, 0.5) is 0 Å². The van der Waals surface area contributed by atoms with Crippen molar-refractivity contribution in [2.45, 2.75) is 96.8 Å². The molecule has 0 radical (unpaired) electrons. The second-order valence-corrected chi connectivity index (χ2v) is 10.5. The molecule has 0 aromatic carbocycles. The highest BCUT2D eigenvalue weighted by atomic mass is 31.2. The van der Waals surface area contributed by atoms with Gasteiger partial charge in [0.1, 0.15) is 0 Å². The van der Waals surface area contributed by atoms with Gasteiger partial charge in [-0.25, -0.2) is 9.59 Å². The molecule has 0 atom stereocenters. The summed E-state index contributed by atoms with van der Waals surface area (Å²) in [4.78, 5) is 22.0. The van der Waals surface area contributed by atoms with Crippen molar-refractivity contribution in [3.05, 3.63) is 25.3 Å². The van der Waals surface area contributed by atoms with Gasteiger partial charge in [-0.05, 0) is 44.9 Å². The van der Waals surface area contributed by atoms with Crippen LogP contribution in [0.25, 0.3) is 0 Å². The first-order valence-electron chi connectivity index (χ1n) is 12.9. The Labute approximate surface area is 207 Å². The minimum absolute atomic E-state index is 0.391. The fourth-order valence-electron chi connectivity index (χ4n) is 3.24. The molecule has 0 fully saturated rings. The topological polar surface area (TPSA) is 88.1 Å². The summed E-state index contributed by atoms with van der Waals surface area (Å²) in [5, 5.41) is 0. The maximum Gasteiger partial charge on any atom is 0.330 e. The average molecular weight is 503 g/mol. The molecule has 198 valence electrons. The lowest BCUT2D eigenvalue weighted by molar-refractivity contribution is -0.138. The van der Waals surface area contributed by atoms with Crippen LogP contribution >= 0.6 is 7.60 Å². The monoisotopic (exact) mass is 502 g/mol. The van der Waals surface area contributed by atoms with Crippen LogP contribution in [0.15, 0.2) is 25.3 Å². The van der Waals surface area contributed by atoms with Gasteiger partial charge >= 0.3 is 19.5 Å². The zero-order chi connectivity index (χ0) is 25.3. The van der Waals surface area contributed by atoms with E-state index in [9.17, 15) is 14.2 Å². The maximum atomic E-state index is 13.2. The molecule has 34 heavy (non-hydrogen) atoms. The first kappa shape index (κ1) is 32.6. The molecule has 0 aliphatic rings. The van der Waals surface area contributed by atoms with Crippen LogP contribution in [0.2, 0.25) is 0 Å². The van der Waals surface area contributed by atoms with Crippen molar-refractivity contribution < 1.29 is 32.7 Å². The molecule has 0 aliphatic heterocycles. The second kappa shape index (κ2) is 23.3. The highest BCUT2D eigenvalue weighted by Crippen LogP contribution is 2.49. The van der Waals surface area contributed by atoms with Crippen LogP contribution < -0.4 is 0 Å². The Balaban J connectivity index is 4.13. The third kappa shape index (κ3) is 21.1. The van der Waals surface area contributed by atoms with Gasteiger partial charge in [-0.2, -0.15) is 0 Å². The summed E-state index contributed by atoms with van der Waals surface area (Å²) < 4.78 is 34.7. The van der Waals surface area contributed by atoms with Gasteiger partial charge in [0, 0.05) is 12.2 Å². The van der Waals surface area contributed by atoms with Crippen molar-refractivity contribution >= 4 is 19.5 Å². The van der Waals surface area contributed by atoms with Crippen LogP contribution in [0.1, 0.15) is 96.8 Å². The molecule has 0 rings (SSSR count). The molecule has 7 nitrogen and oxygen atoms in total. The summed E-state index contributed by atoms with van der Waals surface area (Å²) in [5.74, 6) is -0.792. The molecular weight excluding hydrogens is 455 g/mol. The van der Waals surface area contributed by atoms with Gasteiger partial charge in [0.25, 0.3) is 0 Å². The summed E-state index contributed by atoms with van der Waals surface area (Å²) in [6, 6.07) is 0. The molecule has 0 N–H and O–H groups in total. The predicted octanol–water partition coefficient (Wildman–Crippen LogP) is 7.15. The van der Waals surface area contributed by atoms with Gasteiger partial charge in [-0.15, -0.1) is 0 Å². The summed E-state index contributed by atoms with van der Waals surface area (Å²) in [7, 11) is -3.09. The molecule has 0 aromatic rings. The lowest BCUT2D eigenvalue weighted by Gasteiger charge is -2.19. The van der Waals surface area contributed by atoms with E-state index in [0.29, 0.717) is 32.6 Å². The van der Waals surface area contributed by atoms with E-state index in [1.807, 2.05) is 0 Å². The van der Waals surface area contributed by atoms with Gasteiger partial charge in [-0.3, -0.25) is 4.57 Å². The Kier molecular flexibility index (Phi) is 22.3. The molecule has 0 aromatic heterocycles. The summed E-state index contributed by atoms with van der Waals surface area (Å²) >= 11 is 0. The Morgan fingerprint density at radius 1 is 0.618 bits per heavy atom. The third-order valence-corrected chi connectivity index (χ3v) is 7.28. The van der Waals surface area contributed by atoms with Crippen LogP contribution in [0.5, 0.6) is 0 Å². The van der Waals surface area contributed by atoms with Crippen molar-refractivity contribution in [3.63, 3.8) is 0 Å². The largest absolute Gasteiger partial charge is 0.463 e. The summed E-state index contributed by atoms with van der Waals surface area (Å²) in [6.45, 7) is 10.5. The van der Waals surface area contributed by atoms with E-state index in [2.05, 4.69) is 20.1 Å². The number of carbonyl (C=O) groups excluding carboxylic acids is 2. The molecule has 0 unspecified atom stereocenters. The Morgan fingerprint density at radius 3 is 1.44 bits per heavy atom. The number of hydrogen-bond donors (Lipinski definition) is 0. The summed E-state index contributed by atoms with van der Waals surface area (Å²) in [6.07, 6.45) is 16.3. The lowest BCUT2D eigenvalue weighted by atomic mass is 10.1. The zero-order valence-electron chi connectivity index (χ0n) is 21.3. The molecule has 0 amide bonds. The van der Waals surface area contributed by atoms with Crippen molar-refractivity contribution in [2.75, 3.05) is 32.6 Å². The first-order chi connectivity index (χ1) is 16.5. The van der Waals surface area contributed by atoms with E-state index >= 15 is 0 Å². The third-order valence-electron chi connectivity index (χ3n) is 5.26. The number of rotatable bonds is 25. The molecule has 8 heteroatoms. The standard InChI is InChI=1S/C26H47O7P/c1-4-7-8-9-14-19-24-34(29,32-22-17-12-10-15-20-30-25(27)5-2)33-23-18-13-11-16-21-31-26(28)6-3/h5-6H,2-4,7-24H2,1H3. The summed E-state index contributed by atoms with van der Waals surface area (Å²) in [5.41, 5.74) is 0. The van der Waals surface area contributed by atoms with Crippen molar-refractivity contribution in [1.82, 2.24) is 0 Å². The van der Waals surface area contributed by atoms with Crippen LogP contribution in [-0.2, 0) is 32.7 Å². The molecule has 0 saturated carbocycles. The Morgan fingerprint density at radius 2 is 1.00 bits per heavy atom. The van der Waals surface area contributed by atoms with E-state index in [1.165, 1.54) is 19.3 Å². The number of carbonyl (C=O) groups is 2. The molecular formula is C26H47O7P. The Hall–Kier alpha value is -1.43. The normalized spacial score (nSPS) is 11.2. The fourth-order valence-corrected chi connectivity index (χ4v) is 5.00. The van der Waals surface area contributed by atoms with E-state index in [1.54, 1.807) is 0 Å². The van der Waals surface area contributed by atoms with Gasteiger partial charge < -0.3 is 18.5 Å². The van der Waals surface area contributed by atoms with Crippen LogP contribution in [0.3, 0.4) is 0 Å². The first-order valence-corrected chi connectivity index (χ1v) is 14.7. The molecule has 0 bridgehead atoms. The second-order valence-electron chi connectivity index (χ2n) is 8.34. The van der Waals surface area contributed by atoms with Gasteiger partial charge in [0.2, 0.25) is 0 Å². The minimum Gasteiger partial charge on any atom is -0.463 e. The van der Waals surface area contributed by atoms with Crippen molar-refractivity contribution in [1.29, 1.82) is 0 Å². The fraction of sp³-hybridized carbons (Fsp3) is 0.769. The molecule has 0 spiro atoms. The van der Waals surface area contributed by atoms with Gasteiger partial charge in [0.15, 0.2) is 0 Å². The van der Waals surface area contributed by atoms with Gasteiger partial charge in [0.05, 0.1) is 32.6 Å². The quantitative estimate of drug-likeness (QED) is 0.0567. The lowest BCUT2D eigenvalue weighted by Crippen LogP contribution is -2.04. The highest BCUT2D eigenvalue weighted by Gasteiger charge is 2.23. The maximum absolute atomic E-state index is 13.2. The van der Waals surface area contributed by atoms with E-state index < -0.39 is 19.5 Å². The van der Waals surface area contributed by atoms with E-state index in [4.69, 9.17) is 18.5 Å². The van der Waals surface area contributed by atoms with Crippen molar-refractivity contribution in [2.24, 2.45) is 0 Å². The molecule has 0 heterocycles. The van der Waals surface area contributed by atoms with E-state index in [-0.39, 0.29) is 0 Å². The number of unbranched alkanes of at least 4 members (excludes halogenated alkanes) is 11. The number of ether oxygens (including phenoxy) is 2. The highest BCUT2D eigenvalue weighted by molar-refractivity contribution is 7.53. The molecule has 0 aliphatic carbocycles. The van der Waals surface area contributed by atoms with Gasteiger partial charge in [-0.1, -0.05) is 65.0 Å². The molecule has 0 saturated heterocycles. The Bertz CT molecular complexity index is 552. The zero-order valence-corrected chi connectivity index (χ0v) is 22.2. The van der Waals surface area contributed by atoms with Crippen molar-refractivity contribution in [3.8, 4) is 0 Å². The van der Waals surface area contributed by atoms with E-state index in [0.717, 1.165) is 82.8 Å².